The number of carbonyl (C=O) groups excluding carboxylic acids is 1. The van der Waals surface area contributed by atoms with Crippen LogP contribution in [0.4, 0.5) is 13.2 Å². The summed E-state index contributed by atoms with van der Waals surface area (Å²) >= 11 is 0. The van der Waals surface area contributed by atoms with E-state index in [1.807, 2.05) is 0 Å². The molecule has 0 aliphatic carbocycles. The summed E-state index contributed by atoms with van der Waals surface area (Å²) in [6.45, 7) is 8.99. The molecule has 28 heavy (non-hydrogen) atoms. The Balaban J connectivity index is 2.42. The molecule has 0 radical (unpaired) electrons. The van der Waals surface area contributed by atoms with Gasteiger partial charge in [-0.05, 0) is 58.4 Å². The third kappa shape index (κ3) is 5.11. The van der Waals surface area contributed by atoms with E-state index in [4.69, 9.17) is 14.0 Å². The number of carbonyl (C=O) groups is 1. The smallest absolute Gasteiger partial charge is 0.508 e. The van der Waals surface area contributed by atoms with Gasteiger partial charge < -0.3 is 23.9 Å². The Bertz CT molecular complexity index is 704. The van der Waals surface area contributed by atoms with E-state index in [-0.39, 0.29) is 24.3 Å². The highest BCUT2D eigenvalue weighted by atomic mass is 19.4. The lowest BCUT2D eigenvalue weighted by Crippen LogP contribution is -2.41. The van der Waals surface area contributed by atoms with Crippen molar-refractivity contribution in [1.82, 2.24) is 0 Å². The molecular weight excluding hydrogens is 380 g/mol. The van der Waals surface area contributed by atoms with E-state index in [0.717, 1.165) is 18.2 Å². The van der Waals surface area contributed by atoms with Gasteiger partial charge in [-0.1, -0.05) is 0 Å². The minimum Gasteiger partial charge on any atom is -0.508 e. The number of hydrogen-bond donors (Lipinski definition) is 1. The summed E-state index contributed by atoms with van der Waals surface area (Å²) in [6, 6.07) is 3.08. The highest BCUT2D eigenvalue weighted by Crippen LogP contribution is 2.44. The summed E-state index contributed by atoms with van der Waals surface area (Å²) in [5.41, 5.74) is -1.44. The van der Waals surface area contributed by atoms with Crippen LogP contribution in [0.25, 0.3) is 0 Å². The molecule has 1 unspecified atom stereocenters. The van der Waals surface area contributed by atoms with Gasteiger partial charge in [0.2, 0.25) is 0 Å². The fourth-order valence-corrected chi connectivity index (χ4v) is 2.83. The Morgan fingerprint density at radius 1 is 1.21 bits per heavy atom. The summed E-state index contributed by atoms with van der Waals surface area (Å²) in [5, 5.41) is 10.3. The van der Waals surface area contributed by atoms with E-state index in [2.05, 4.69) is 4.74 Å². The SMILES string of the molecule is CCOC(=O)CC(B1OC(C)(C)C(C)(C)O1)c1cc(OC(F)(F)F)ccc1O. The van der Waals surface area contributed by atoms with Crippen LogP contribution >= 0.6 is 0 Å². The molecule has 1 saturated heterocycles. The van der Waals surface area contributed by atoms with Crippen LogP contribution in [0.3, 0.4) is 0 Å². The molecular formula is C18H24BF3O6. The van der Waals surface area contributed by atoms with Gasteiger partial charge in [0.05, 0.1) is 24.2 Å². The van der Waals surface area contributed by atoms with Crippen molar-refractivity contribution in [2.75, 3.05) is 6.61 Å². The van der Waals surface area contributed by atoms with Crippen molar-refractivity contribution in [3.8, 4) is 11.5 Å². The highest BCUT2D eigenvalue weighted by Gasteiger charge is 2.54. The summed E-state index contributed by atoms with van der Waals surface area (Å²) in [6.07, 6.45) is -5.15. The molecule has 1 atom stereocenters. The second-order valence-electron chi connectivity index (χ2n) is 7.51. The van der Waals surface area contributed by atoms with E-state index >= 15 is 0 Å². The van der Waals surface area contributed by atoms with Gasteiger partial charge in [0.1, 0.15) is 11.5 Å². The van der Waals surface area contributed by atoms with E-state index in [0.29, 0.717) is 0 Å². The van der Waals surface area contributed by atoms with Crippen molar-refractivity contribution in [3.63, 3.8) is 0 Å². The molecule has 2 rings (SSSR count). The average molecular weight is 404 g/mol. The largest absolute Gasteiger partial charge is 0.573 e. The number of phenols is 1. The van der Waals surface area contributed by atoms with Crippen LogP contribution in [0.2, 0.25) is 0 Å². The Kier molecular flexibility index (Phi) is 6.25. The lowest BCUT2D eigenvalue weighted by molar-refractivity contribution is -0.274. The first kappa shape index (κ1) is 22.4. The predicted octanol–water partition coefficient (Wildman–Crippen LogP) is 3.96. The Morgan fingerprint density at radius 2 is 1.79 bits per heavy atom. The first-order chi connectivity index (χ1) is 12.8. The fraction of sp³-hybridized carbons (Fsp3) is 0.611. The zero-order valence-electron chi connectivity index (χ0n) is 16.4. The summed E-state index contributed by atoms with van der Waals surface area (Å²) in [7, 11) is -0.985. The second kappa shape index (κ2) is 7.83. The molecule has 0 amide bonds. The molecule has 10 heteroatoms. The lowest BCUT2D eigenvalue weighted by Gasteiger charge is -2.32. The quantitative estimate of drug-likeness (QED) is 0.572. The van der Waals surface area contributed by atoms with Gasteiger partial charge in [-0.25, -0.2) is 0 Å². The van der Waals surface area contributed by atoms with E-state index in [1.165, 1.54) is 0 Å². The Hall–Kier alpha value is -1.94. The maximum atomic E-state index is 12.6. The van der Waals surface area contributed by atoms with Crippen molar-refractivity contribution in [1.29, 1.82) is 0 Å². The van der Waals surface area contributed by atoms with Crippen LogP contribution in [-0.2, 0) is 18.8 Å². The molecule has 0 aromatic heterocycles. The third-order valence-electron chi connectivity index (χ3n) is 4.92. The number of esters is 1. The molecule has 1 fully saturated rings. The van der Waals surface area contributed by atoms with Crippen molar-refractivity contribution < 1.29 is 41.9 Å². The first-order valence-electron chi connectivity index (χ1n) is 8.85. The molecule has 1 N–H and O–H groups in total. The summed E-state index contributed by atoms with van der Waals surface area (Å²) < 4.78 is 58.5. The summed E-state index contributed by atoms with van der Waals surface area (Å²) in [5.74, 6) is -2.33. The van der Waals surface area contributed by atoms with Crippen LogP contribution < -0.4 is 4.74 Å². The van der Waals surface area contributed by atoms with Gasteiger partial charge in [-0.15, -0.1) is 13.2 Å². The number of aromatic hydroxyl groups is 1. The molecule has 0 spiro atoms. The van der Waals surface area contributed by atoms with E-state index < -0.39 is 42.2 Å². The maximum Gasteiger partial charge on any atom is 0.573 e. The molecule has 0 bridgehead atoms. The minimum absolute atomic E-state index is 0.0355. The van der Waals surface area contributed by atoms with Crippen molar-refractivity contribution in [3.05, 3.63) is 23.8 Å². The van der Waals surface area contributed by atoms with Gasteiger partial charge in [0, 0.05) is 5.82 Å². The lowest BCUT2D eigenvalue weighted by atomic mass is 9.66. The Labute approximate surface area is 162 Å². The first-order valence-corrected chi connectivity index (χ1v) is 8.85. The Morgan fingerprint density at radius 3 is 2.29 bits per heavy atom. The van der Waals surface area contributed by atoms with Crippen LogP contribution in [0, 0.1) is 0 Å². The monoisotopic (exact) mass is 404 g/mol. The number of halogens is 3. The molecule has 0 saturated carbocycles. The van der Waals surface area contributed by atoms with Crippen molar-refractivity contribution >= 4 is 13.1 Å². The molecule has 1 aliphatic rings. The molecule has 1 heterocycles. The number of ether oxygens (including phenoxy) is 2. The zero-order valence-corrected chi connectivity index (χ0v) is 16.4. The van der Waals surface area contributed by atoms with Crippen molar-refractivity contribution in [2.24, 2.45) is 0 Å². The van der Waals surface area contributed by atoms with Gasteiger partial charge >= 0.3 is 19.5 Å². The molecule has 1 aromatic carbocycles. The molecule has 156 valence electrons. The van der Waals surface area contributed by atoms with E-state index in [9.17, 15) is 23.1 Å². The van der Waals surface area contributed by atoms with Crippen LogP contribution in [0.5, 0.6) is 11.5 Å². The van der Waals surface area contributed by atoms with Gasteiger partial charge in [-0.3, -0.25) is 4.79 Å². The third-order valence-corrected chi connectivity index (χ3v) is 4.92. The minimum atomic E-state index is -4.89. The zero-order chi connectivity index (χ0) is 21.3. The number of alkyl halides is 3. The maximum absolute atomic E-state index is 12.6. The topological polar surface area (TPSA) is 74.2 Å². The average Bonchev–Trinajstić information content (AvgIpc) is 2.74. The second-order valence-corrected chi connectivity index (χ2v) is 7.51. The van der Waals surface area contributed by atoms with Crippen LogP contribution in [-0.4, -0.2) is 42.4 Å². The van der Waals surface area contributed by atoms with Gasteiger partial charge in [-0.2, -0.15) is 0 Å². The number of benzene rings is 1. The summed E-state index contributed by atoms with van der Waals surface area (Å²) in [4.78, 5) is 12.1. The normalized spacial score (nSPS) is 19.4. The van der Waals surface area contributed by atoms with Gasteiger partial charge in [0.15, 0.2) is 0 Å². The molecule has 6 nitrogen and oxygen atoms in total. The van der Waals surface area contributed by atoms with Crippen molar-refractivity contribution in [2.45, 2.75) is 64.4 Å². The number of rotatable bonds is 6. The van der Waals surface area contributed by atoms with E-state index in [1.54, 1.807) is 34.6 Å². The van der Waals surface area contributed by atoms with Crippen LogP contribution in [0.15, 0.2) is 18.2 Å². The standard InChI is InChI=1S/C18H24BF3O6/c1-6-25-15(24)10-13(19-27-16(2,3)17(4,5)28-19)12-9-11(7-8-14(12)23)26-18(20,21)22/h7-9,13,23H,6,10H2,1-5H3. The van der Waals surface area contributed by atoms with Crippen LogP contribution in [0.1, 0.15) is 52.4 Å². The number of phenolic OH excluding ortho intramolecular Hbond substituents is 1. The molecule has 1 aromatic rings. The number of hydrogen-bond acceptors (Lipinski definition) is 6. The predicted molar refractivity (Wildman–Crippen MR) is 94.9 cm³/mol. The highest BCUT2D eigenvalue weighted by molar-refractivity contribution is 6.48. The fourth-order valence-electron chi connectivity index (χ4n) is 2.83. The van der Waals surface area contributed by atoms with Gasteiger partial charge in [0.25, 0.3) is 0 Å². The molecule has 1 aliphatic heterocycles.